The third-order valence-electron chi connectivity index (χ3n) is 4.44. The summed E-state index contributed by atoms with van der Waals surface area (Å²) in [6.45, 7) is 2.36. The van der Waals surface area contributed by atoms with E-state index >= 15 is 0 Å². The summed E-state index contributed by atoms with van der Waals surface area (Å²) in [4.78, 5) is 24.3. The number of hydrogen-bond donors (Lipinski definition) is 2. The Bertz CT molecular complexity index is 518. The lowest BCUT2D eigenvalue weighted by molar-refractivity contribution is -0.144. The van der Waals surface area contributed by atoms with E-state index in [1.165, 1.54) is 0 Å². The van der Waals surface area contributed by atoms with Crippen LogP contribution in [0.1, 0.15) is 44.1 Å². The zero-order chi connectivity index (χ0) is 16.7. The van der Waals surface area contributed by atoms with Crippen LogP contribution in [0.4, 0.5) is 0 Å². The maximum Gasteiger partial charge on any atom is 0.315 e. The topological polar surface area (TPSA) is 81.4 Å². The Kier molecular flexibility index (Phi) is 6.59. The van der Waals surface area contributed by atoms with Crippen molar-refractivity contribution in [1.29, 1.82) is 0 Å². The molecule has 1 aromatic rings. The first-order valence-corrected chi connectivity index (χ1v) is 8.35. The number of benzene rings is 1. The summed E-state index contributed by atoms with van der Waals surface area (Å²) in [5, 5.41) is 2.87. The van der Waals surface area contributed by atoms with Gasteiger partial charge in [-0.15, -0.1) is 0 Å². The summed E-state index contributed by atoms with van der Waals surface area (Å²) < 4.78 is 5.13. The predicted octanol–water partition coefficient (Wildman–Crippen LogP) is 1.97. The van der Waals surface area contributed by atoms with Crippen molar-refractivity contribution in [3.05, 3.63) is 35.9 Å². The molecular weight excluding hydrogens is 292 g/mol. The molecule has 0 bridgehead atoms. The number of ether oxygens (including phenoxy) is 1. The first-order valence-electron chi connectivity index (χ1n) is 8.35. The first-order chi connectivity index (χ1) is 11.1. The molecule has 1 aliphatic carbocycles. The van der Waals surface area contributed by atoms with Crippen molar-refractivity contribution in [2.75, 3.05) is 13.2 Å². The lowest BCUT2D eigenvalue weighted by Gasteiger charge is -2.18. The maximum absolute atomic E-state index is 12.2. The van der Waals surface area contributed by atoms with Gasteiger partial charge in [0.1, 0.15) is 0 Å². The Morgan fingerprint density at radius 3 is 2.65 bits per heavy atom. The van der Waals surface area contributed by atoms with Crippen LogP contribution in [0.15, 0.2) is 30.3 Å². The molecule has 23 heavy (non-hydrogen) atoms. The Morgan fingerprint density at radius 2 is 2.04 bits per heavy atom. The average molecular weight is 318 g/mol. The molecule has 1 fully saturated rings. The normalized spacial score (nSPS) is 21.7. The van der Waals surface area contributed by atoms with Gasteiger partial charge in [0, 0.05) is 19.0 Å². The molecule has 1 aromatic carbocycles. The van der Waals surface area contributed by atoms with Gasteiger partial charge in [-0.2, -0.15) is 0 Å². The lowest BCUT2D eigenvalue weighted by atomic mass is 9.97. The van der Waals surface area contributed by atoms with E-state index in [0.717, 1.165) is 24.8 Å². The van der Waals surface area contributed by atoms with E-state index in [9.17, 15) is 9.59 Å². The average Bonchev–Trinajstić information content (AvgIpc) is 2.94. The molecule has 0 aliphatic heterocycles. The molecular formula is C18H26N2O3. The van der Waals surface area contributed by atoms with Crippen molar-refractivity contribution in [1.82, 2.24) is 5.32 Å². The van der Waals surface area contributed by atoms with Crippen LogP contribution in [-0.2, 0) is 14.3 Å². The van der Waals surface area contributed by atoms with Crippen LogP contribution in [-0.4, -0.2) is 31.1 Å². The van der Waals surface area contributed by atoms with E-state index in [4.69, 9.17) is 10.5 Å². The molecule has 126 valence electrons. The Balaban J connectivity index is 1.92. The summed E-state index contributed by atoms with van der Waals surface area (Å²) in [5.74, 6) is -0.570. The SMILES string of the molecule is CCOC(=O)C(CNC(=O)C[C@@H]1CCC[C@H]1N)c1ccccc1. The Morgan fingerprint density at radius 1 is 1.30 bits per heavy atom. The third-order valence-corrected chi connectivity index (χ3v) is 4.44. The first kappa shape index (κ1) is 17.5. The second-order valence-electron chi connectivity index (χ2n) is 6.08. The zero-order valence-electron chi connectivity index (χ0n) is 13.7. The number of nitrogens with one attached hydrogen (secondary N) is 1. The van der Waals surface area contributed by atoms with Crippen molar-refractivity contribution in [2.45, 2.75) is 44.6 Å². The molecule has 0 heterocycles. The summed E-state index contributed by atoms with van der Waals surface area (Å²) in [6.07, 6.45) is 3.53. The second-order valence-corrected chi connectivity index (χ2v) is 6.08. The quantitative estimate of drug-likeness (QED) is 0.753. The van der Waals surface area contributed by atoms with Crippen LogP contribution in [0.3, 0.4) is 0 Å². The highest BCUT2D eigenvalue weighted by Crippen LogP contribution is 2.26. The van der Waals surface area contributed by atoms with Gasteiger partial charge in [0.2, 0.25) is 5.91 Å². The summed E-state index contributed by atoms with van der Waals surface area (Å²) >= 11 is 0. The molecule has 1 unspecified atom stereocenters. The molecule has 3 N–H and O–H groups in total. The van der Waals surface area contributed by atoms with Crippen LogP contribution in [0.5, 0.6) is 0 Å². The van der Waals surface area contributed by atoms with Crippen molar-refractivity contribution >= 4 is 11.9 Å². The molecule has 5 heteroatoms. The van der Waals surface area contributed by atoms with Crippen LogP contribution in [0, 0.1) is 5.92 Å². The summed E-state index contributed by atoms with van der Waals surface area (Å²) in [6, 6.07) is 9.52. The summed E-state index contributed by atoms with van der Waals surface area (Å²) in [7, 11) is 0. The second kappa shape index (κ2) is 8.67. The third kappa shape index (κ3) is 5.06. The van der Waals surface area contributed by atoms with Crippen molar-refractivity contribution < 1.29 is 14.3 Å². The minimum absolute atomic E-state index is 0.0439. The fourth-order valence-electron chi connectivity index (χ4n) is 3.11. The molecule has 0 spiro atoms. The predicted molar refractivity (Wildman–Crippen MR) is 88.8 cm³/mol. The van der Waals surface area contributed by atoms with Gasteiger partial charge in [0.15, 0.2) is 0 Å². The molecule has 0 aromatic heterocycles. The number of rotatable bonds is 7. The van der Waals surface area contributed by atoms with E-state index in [-0.39, 0.29) is 30.4 Å². The van der Waals surface area contributed by atoms with Gasteiger partial charge in [-0.1, -0.05) is 36.8 Å². The maximum atomic E-state index is 12.2. The molecule has 1 saturated carbocycles. The molecule has 0 radical (unpaired) electrons. The molecule has 3 atom stereocenters. The smallest absolute Gasteiger partial charge is 0.315 e. The van der Waals surface area contributed by atoms with E-state index < -0.39 is 5.92 Å². The number of nitrogens with two attached hydrogens (primary N) is 1. The van der Waals surface area contributed by atoms with Gasteiger partial charge in [-0.25, -0.2) is 0 Å². The highest BCUT2D eigenvalue weighted by atomic mass is 16.5. The minimum Gasteiger partial charge on any atom is -0.465 e. The highest BCUT2D eigenvalue weighted by molar-refractivity contribution is 5.81. The molecule has 1 amide bonds. The fraction of sp³-hybridized carbons (Fsp3) is 0.556. The summed E-state index contributed by atoms with van der Waals surface area (Å²) in [5.41, 5.74) is 6.86. The van der Waals surface area contributed by atoms with Crippen LogP contribution in [0.25, 0.3) is 0 Å². The molecule has 2 rings (SSSR count). The zero-order valence-corrected chi connectivity index (χ0v) is 13.7. The fourth-order valence-corrected chi connectivity index (χ4v) is 3.11. The van der Waals surface area contributed by atoms with Crippen LogP contribution < -0.4 is 11.1 Å². The van der Waals surface area contributed by atoms with Crippen LogP contribution in [0.2, 0.25) is 0 Å². The molecule has 0 saturated heterocycles. The van der Waals surface area contributed by atoms with Gasteiger partial charge in [-0.05, 0) is 31.2 Å². The van der Waals surface area contributed by atoms with E-state index in [2.05, 4.69) is 5.32 Å². The molecule has 5 nitrogen and oxygen atoms in total. The van der Waals surface area contributed by atoms with E-state index in [0.29, 0.717) is 13.0 Å². The van der Waals surface area contributed by atoms with E-state index in [1.54, 1.807) is 6.92 Å². The van der Waals surface area contributed by atoms with Gasteiger partial charge in [-0.3, -0.25) is 9.59 Å². The lowest BCUT2D eigenvalue weighted by Crippen LogP contribution is -2.35. The van der Waals surface area contributed by atoms with Gasteiger partial charge < -0.3 is 15.8 Å². The standard InChI is InChI=1S/C18H26N2O3/c1-2-23-18(22)15(13-7-4-3-5-8-13)12-20-17(21)11-14-9-6-10-16(14)19/h3-5,7-8,14-16H,2,6,9-12,19H2,1H3,(H,20,21)/t14-,15?,16+/m0/s1. The molecule has 1 aliphatic rings. The van der Waals surface area contributed by atoms with Gasteiger partial charge in [0.05, 0.1) is 12.5 Å². The minimum atomic E-state index is -0.475. The monoisotopic (exact) mass is 318 g/mol. The van der Waals surface area contributed by atoms with Crippen molar-refractivity contribution in [2.24, 2.45) is 11.7 Å². The number of carbonyl (C=O) groups is 2. The number of carbonyl (C=O) groups excluding carboxylic acids is 2. The van der Waals surface area contributed by atoms with Gasteiger partial charge in [0.25, 0.3) is 0 Å². The number of hydrogen-bond acceptors (Lipinski definition) is 4. The Labute approximate surface area is 137 Å². The Hall–Kier alpha value is -1.88. The van der Waals surface area contributed by atoms with Crippen molar-refractivity contribution in [3.63, 3.8) is 0 Å². The van der Waals surface area contributed by atoms with Crippen LogP contribution >= 0.6 is 0 Å². The number of amides is 1. The van der Waals surface area contributed by atoms with E-state index in [1.807, 2.05) is 30.3 Å². The highest BCUT2D eigenvalue weighted by Gasteiger charge is 2.27. The largest absolute Gasteiger partial charge is 0.465 e. The number of esters is 1. The van der Waals surface area contributed by atoms with Gasteiger partial charge >= 0.3 is 5.97 Å². The van der Waals surface area contributed by atoms with Crippen molar-refractivity contribution in [3.8, 4) is 0 Å².